The Kier molecular flexibility index (Phi) is 4.78. The number of halogens is 1. The van der Waals surface area contributed by atoms with Crippen molar-refractivity contribution >= 4 is 11.8 Å². The van der Waals surface area contributed by atoms with Crippen LogP contribution in [0.5, 0.6) is 0 Å². The highest BCUT2D eigenvalue weighted by molar-refractivity contribution is 5.39. The van der Waals surface area contributed by atoms with E-state index in [1.807, 2.05) is 6.07 Å². The third-order valence-electron chi connectivity index (χ3n) is 3.84. The van der Waals surface area contributed by atoms with E-state index in [9.17, 15) is 4.39 Å². The van der Waals surface area contributed by atoms with Gasteiger partial charge in [0, 0.05) is 19.6 Å². The minimum absolute atomic E-state index is 0.167. The first-order valence-electron chi connectivity index (χ1n) is 7.75. The fourth-order valence-electron chi connectivity index (χ4n) is 2.63. The Bertz CT molecular complexity index is 613. The molecule has 0 aliphatic carbocycles. The molecule has 1 aromatic carbocycles. The van der Waals surface area contributed by atoms with Crippen molar-refractivity contribution in [2.24, 2.45) is 0 Å². The van der Waals surface area contributed by atoms with Crippen molar-refractivity contribution in [1.82, 2.24) is 15.2 Å². The average Bonchev–Trinajstić information content (AvgIpc) is 2.58. The minimum Gasteiger partial charge on any atom is -0.368 e. The zero-order valence-electron chi connectivity index (χ0n) is 12.5. The molecule has 1 aliphatic heterocycles. The van der Waals surface area contributed by atoms with Crippen molar-refractivity contribution in [1.29, 1.82) is 0 Å². The highest BCUT2D eigenvalue weighted by Crippen LogP contribution is 2.16. The van der Waals surface area contributed by atoms with Gasteiger partial charge in [0.25, 0.3) is 0 Å². The first-order chi connectivity index (χ1) is 10.8. The topological polar surface area (TPSA) is 53.9 Å². The van der Waals surface area contributed by atoms with Crippen LogP contribution in [0.2, 0.25) is 0 Å². The zero-order chi connectivity index (χ0) is 15.2. The molecule has 2 aromatic rings. The maximum Gasteiger partial charge on any atom is 0.247 e. The summed E-state index contributed by atoms with van der Waals surface area (Å²) in [6.07, 6.45) is 5.83. The lowest BCUT2D eigenvalue weighted by Crippen LogP contribution is -2.31. The number of hydrogen-bond acceptors (Lipinski definition) is 5. The fourth-order valence-corrected chi connectivity index (χ4v) is 2.63. The summed E-state index contributed by atoms with van der Waals surface area (Å²) in [4.78, 5) is 6.66. The molecule has 0 amide bonds. The summed E-state index contributed by atoms with van der Waals surface area (Å²) in [6, 6.07) is 6.83. The molecular formula is C16H20FN5. The second-order valence-corrected chi connectivity index (χ2v) is 5.46. The van der Waals surface area contributed by atoms with E-state index in [0.29, 0.717) is 30.3 Å². The SMILES string of the molecule is Fc1ccccc1CCNc1cnnc(N2CCCCC2)n1. The van der Waals surface area contributed by atoms with Crippen LogP contribution in [0.25, 0.3) is 0 Å². The number of hydrogen-bond donors (Lipinski definition) is 1. The number of nitrogens with zero attached hydrogens (tertiary/aromatic N) is 4. The Balaban J connectivity index is 1.57. The molecule has 22 heavy (non-hydrogen) atoms. The summed E-state index contributed by atoms with van der Waals surface area (Å²) < 4.78 is 13.5. The third kappa shape index (κ3) is 3.69. The minimum atomic E-state index is -0.167. The lowest BCUT2D eigenvalue weighted by Gasteiger charge is -2.26. The second-order valence-electron chi connectivity index (χ2n) is 5.46. The molecule has 3 rings (SSSR count). The lowest BCUT2D eigenvalue weighted by molar-refractivity contribution is 0.565. The van der Waals surface area contributed by atoms with Gasteiger partial charge in [-0.15, -0.1) is 5.10 Å². The van der Waals surface area contributed by atoms with Crippen LogP contribution < -0.4 is 10.2 Å². The zero-order valence-corrected chi connectivity index (χ0v) is 12.5. The molecule has 0 unspecified atom stereocenters. The number of aromatic nitrogens is 3. The maximum absolute atomic E-state index is 13.5. The van der Waals surface area contributed by atoms with Gasteiger partial charge in [-0.25, -0.2) is 4.39 Å². The quantitative estimate of drug-likeness (QED) is 0.920. The molecule has 0 saturated carbocycles. The number of benzene rings is 1. The van der Waals surface area contributed by atoms with Crippen LogP contribution in [0, 0.1) is 5.82 Å². The van der Waals surface area contributed by atoms with Gasteiger partial charge in [-0.3, -0.25) is 0 Å². The van der Waals surface area contributed by atoms with Gasteiger partial charge >= 0.3 is 0 Å². The predicted molar refractivity (Wildman–Crippen MR) is 84.5 cm³/mol. The molecule has 116 valence electrons. The number of nitrogens with one attached hydrogen (secondary N) is 1. The molecular weight excluding hydrogens is 281 g/mol. The highest BCUT2D eigenvalue weighted by Gasteiger charge is 2.14. The van der Waals surface area contributed by atoms with Crippen LogP contribution >= 0.6 is 0 Å². The van der Waals surface area contributed by atoms with Crippen molar-refractivity contribution in [3.63, 3.8) is 0 Å². The maximum atomic E-state index is 13.5. The van der Waals surface area contributed by atoms with Crippen LogP contribution in [0.3, 0.4) is 0 Å². The van der Waals surface area contributed by atoms with Crippen molar-refractivity contribution in [3.8, 4) is 0 Å². The monoisotopic (exact) mass is 301 g/mol. The van der Waals surface area contributed by atoms with E-state index >= 15 is 0 Å². The Labute approximate surface area is 129 Å². The Morgan fingerprint density at radius 3 is 2.77 bits per heavy atom. The van der Waals surface area contributed by atoms with Crippen LogP contribution in [0.1, 0.15) is 24.8 Å². The van der Waals surface area contributed by atoms with E-state index in [1.165, 1.54) is 25.3 Å². The smallest absolute Gasteiger partial charge is 0.247 e. The van der Waals surface area contributed by atoms with Crippen LogP contribution in [0.4, 0.5) is 16.2 Å². The summed E-state index contributed by atoms with van der Waals surface area (Å²) >= 11 is 0. The van der Waals surface area contributed by atoms with Gasteiger partial charge in [0.2, 0.25) is 5.95 Å². The van der Waals surface area contributed by atoms with E-state index < -0.39 is 0 Å². The second kappa shape index (κ2) is 7.15. The third-order valence-corrected chi connectivity index (χ3v) is 3.84. The number of piperidine rings is 1. The van der Waals surface area contributed by atoms with Crippen molar-refractivity contribution in [2.75, 3.05) is 29.9 Å². The molecule has 5 nitrogen and oxygen atoms in total. The molecule has 0 bridgehead atoms. The van der Waals surface area contributed by atoms with Gasteiger partial charge in [-0.05, 0) is 37.3 Å². The van der Waals surface area contributed by atoms with Gasteiger partial charge in [0.1, 0.15) is 5.82 Å². The van der Waals surface area contributed by atoms with E-state index in [-0.39, 0.29) is 5.82 Å². The molecule has 2 heterocycles. The average molecular weight is 301 g/mol. The van der Waals surface area contributed by atoms with Crippen molar-refractivity contribution in [2.45, 2.75) is 25.7 Å². The van der Waals surface area contributed by atoms with Gasteiger partial charge < -0.3 is 10.2 Å². The molecule has 1 aromatic heterocycles. The van der Waals surface area contributed by atoms with Gasteiger partial charge in [-0.1, -0.05) is 18.2 Å². The predicted octanol–water partition coefficient (Wildman–Crippen LogP) is 2.66. The van der Waals surface area contributed by atoms with Crippen LogP contribution in [0.15, 0.2) is 30.5 Å². The van der Waals surface area contributed by atoms with Crippen LogP contribution in [-0.4, -0.2) is 34.8 Å². The summed E-state index contributed by atoms with van der Waals surface area (Å²) in [5, 5.41) is 11.3. The van der Waals surface area contributed by atoms with Crippen LogP contribution in [-0.2, 0) is 6.42 Å². The molecule has 6 heteroatoms. The Hall–Kier alpha value is -2.24. The summed E-state index contributed by atoms with van der Waals surface area (Å²) in [5.41, 5.74) is 0.702. The number of anilines is 2. The Morgan fingerprint density at radius 1 is 1.14 bits per heavy atom. The Morgan fingerprint density at radius 2 is 1.95 bits per heavy atom. The van der Waals surface area contributed by atoms with E-state index in [4.69, 9.17) is 0 Å². The summed E-state index contributed by atoms with van der Waals surface area (Å²) in [5.74, 6) is 1.20. The number of rotatable bonds is 5. The largest absolute Gasteiger partial charge is 0.368 e. The summed E-state index contributed by atoms with van der Waals surface area (Å²) in [7, 11) is 0. The molecule has 0 radical (unpaired) electrons. The first-order valence-corrected chi connectivity index (χ1v) is 7.75. The fraction of sp³-hybridized carbons (Fsp3) is 0.438. The summed E-state index contributed by atoms with van der Waals surface area (Å²) in [6.45, 7) is 2.58. The van der Waals surface area contributed by atoms with E-state index in [1.54, 1.807) is 18.3 Å². The molecule has 0 atom stereocenters. The molecule has 1 saturated heterocycles. The normalized spacial score (nSPS) is 14.9. The highest BCUT2D eigenvalue weighted by atomic mass is 19.1. The first kappa shape index (κ1) is 14.7. The lowest BCUT2D eigenvalue weighted by atomic mass is 10.1. The standard InChI is InChI=1S/C16H20FN5/c17-14-7-3-2-6-13(14)8-9-18-15-12-19-21-16(20-15)22-10-4-1-5-11-22/h2-3,6-7,12H,1,4-5,8-11H2,(H,18,20,21). The van der Waals surface area contributed by atoms with Crippen molar-refractivity contribution in [3.05, 3.63) is 41.8 Å². The van der Waals surface area contributed by atoms with Gasteiger partial charge in [0.05, 0.1) is 6.20 Å². The van der Waals surface area contributed by atoms with Crippen molar-refractivity contribution < 1.29 is 4.39 Å². The molecule has 1 N–H and O–H groups in total. The molecule has 1 aliphatic rings. The van der Waals surface area contributed by atoms with Gasteiger partial charge in [0.15, 0.2) is 5.82 Å². The van der Waals surface area contributed by atoms with E-state index in [2.05, 4.69) is 25.4 Å². The molecule has 0 spiro atoms. The van der Waals surface area contributed by atoms with Gasteiger partial charge in [-0.2, -0.15) is 10.1 Å². The molecule has 1 fully saturated rings. The van der Waals surface area contributed by atoms with E-state index in [0.717, 1.165) is 13.1 Å².